The van der Waals surface area contributed by atoms with Crippen LogP contribution in [0.3, 0.4) is 0 Å². The molecule has 2 amide bonds. The molecule has 0 unspecified atom stereocenters. The van der Waals surface area contributed by atoms with E-state index in [1.807, 2.05) is 44.2 Å². The van der Waals surface area contributed by atoms with Gasteiger partial charge in [0, 0.05) is 21.5 Å². The van der Waals surface area contributed by atoms with E-state index in [4.69, 9.17) is 12.2 Å². The number of aromatic nitrogens is 1. The molecule has 0 atom stereocenters. The fourth-order valence-electron chi connectivity index (χ4n) is 4.00. The average Bonchev–Trinajstić information content (AvgIpc) is 3.03. The lowest BCUT2D eigenvalue weighted by atomic mass is 10.1. The Balaban J connectivity index is 1.79. The summed E-state index contributed by atoms with van der Waals surface area (Å²) in [6.45, 7) is 6.14. The van der Waals surface area contributed by atoms with Gasteiger partial charge >= 0.3 is 0 Å². The Kier molecular flexibility index (Phi) is 6.13. The molecule has 4 rings (SSSR count). The standard InChI is InChI=1S/C25H22BrN3O2S/c1-4-17-8-5-6-11-22(17)28-15(2)12-18(16(28)3)13-21-23(30)27-25(32)29(24(21)31)20-10-7-9-19(26)14-20/h5-14H,4H2,1-3H3,(H,27,30,32)/b21-13+. The SMILES string of the molecule is CCc1ccccc1-n1c(C)cc(/C=C2\C(=O)NC(=S)N(c3cccc(Br)c3)C2=O)c1C. The van der Waals surface area contributed by atoms with E-state index in [0.29, 0.717) is 5.69 Å². The minimum absolute atomic E-state index is 0.0441. The van der Waals surface area contributed by atoms with Gasteiger partial charge in [-0.2, -0.15) is 0 Å². The number of para-hydroxylation sites is 1. The second-order valence-electron chi connectivity index (χ2n) is 7.58. The van der Waals surface area contributed by atoms with E-state index in [-0.39, 0.29) is 10.7 Å². The Morgan fingerprint density at radius 3 is 2.53 bits per heavy atom. The second-order valence-corrected chi connectivity index (χ2v) is 8.88. The quantitative estimate of drug-likeness (QED) is 0.298. The molecule has 1 saturated heterocycles. The Labute approximate surface area is 200 Å². The Bertz CT molecular complexity index is 1290. The first-order valence-electron chi connectivity index (χ1n) is 10.3. The Morgan fingerprint density at radius 1 is 1.06 bits per heavy atom. The van der Waals surface area contributed by atoms with Gasteiger partial charge in [-0.25, -0.2) is 0 Å². The van der Waals surface area contributed by atoms with Gasteiger partial charge in [-0.1, -0.05) is 47.1 Å². The van der Waals surface area contributed by atoms with Crippen molar-refractivity contribution in [2.75, 3.05) is 4.90 Å². The molecule has 0 radical (unpaired) electrons. The molecular weight excluding hydrogens is 486 g/mol. The summed E-state index contributed by atoms with van der Waals surface area (Å²) >= 11 is 8.71. The van der Waals surface area contributed by atoms with Crippen molar-refractivity contribution in [3.63, 3.8) is 0 Å². The fourth-order valence-corrected chi connectivity index (χ4v) is 4.66. The van der Waals surface area contributed by atoms with Crippen molar-refractivity contribution in [2.45, 2.75) is 27.2 Å². The van der Waals surface area contributed by atoms with Crippen molar-refractivity contribution in [2.24, 2.45) is 0 Å². The first kappa shape index (κ1) is 22.2. The van der Waals surface area contributed by atoms with Crippen LogP contribution in [0.1, 0.15) is 29.4 Å². The zero-order valence-corrected chi connectivity index (χ0v) is 20.4. The lowest BCUT2D eigenvalue weighted by Gasteiger charge is -2.29. The molecule has 5 nitrogen and oxygen atoms in total. The van der Waals surface area contributed by atoms with E-state index >= 15 is 0 Å². The van der Waals surface area contributed by atoms with Gasteiger partial charge in [0.1, 0.15) is 5.57 Å². The number of halogens is 1. The molecule has 0 spiro atoms. The van der Waals surface area contributed by atoms with Crippen LogP contribution in [0.5, 0.6) is 0 Å². The fraction of sp³-hybridized carbons (Fsp3) is 0.160. The largest absolute Gasteiger partial charge is 0.318 e. The number of rotatable bonds is 4. The number of thiocarbonyl (C=S) groups is 1. The number of benzene rings is 2. The minimum atomic E-state index is -0.495. The smallest absolute Gasteiger partial charge is 0.270 e. The van der Waals surface area contributed by atoms with Gasteiger partial charge in [-0.15, -0.1) is 0 Å². The van der Waals surface area contributed by atoms with Crippen LogP contribution in [0.2, 0.25) is 0 Å². The lowest BCUT2D eigenvalue weighted by Crippen LogP contribution is -2.54. The maximum absolute atomic E-state index is 13.3. The van der Waals surface area contributed by atoms with Crippen LogP contribution >= 0.6 is 28.1 Å². The van der Waals surface area contributed by atoms with E-state index in [0.717, 1.165) is 33.5 Å². The van der Waals surface area contributed by atoms with Crippen LogP contribution in [0.25, 0.3) is 11.8 Å². The highest BCUT2D eigenvalue weighted by Gasteiger charge is 2.34. The highest BCUT2D eigenvalue weighted by atomic mass is 79.9. The van der Waals surface area contributed by atoms with Gasteiger partial charge < -0.3 is 4.57 Å². The Hall–Kier alpha value is -3.03. The maximum Gasteiger partial charge on any atom is 0.270 e. The summed E-state index contributed by atoms with van der Waals surface area (Å²) < 4.78 is 2.97. The van der Waals surface area contributed by atoms with E-state index in [1.165, 1.54) is 10.5 Å². The third-order valence-corrected chi connectivity index (χ3v) is 6.33. The molecule has 2 aromatic carbocycles. The van der Waals surface area contributed by atoms with Crippen LogP contribution in [0, 0.1) is 13.8 Å². The molecule has 2 heterocycles. The van der Waals surface area contributed by atoms with Gasteiger partial charge in [0.15, 0.2) is 5.11 Å². The number of hydrogen-bond acceptors (Lipinski definition) is 3. The van der Waals surface area contributed by atoms with Gasteiger partial charge in [-0.05, 0) is 80.0 Å². The second kappa shape index (κ2) is 8.84. The molecule has 1 fully saturated rings. The van der Waals surface area contributed by atoms with Crippen molar-refractivity contribution in [1.29, 1.82) is 0 Å². The van der Waals surface area contributed by atoms with Crippen molar-refractivity contribution in [3.8, 4) is 5.69 Å². The van der Waals surface area contributed by atoms with E-state index < -0.39 is 11.8 Å². The molecule has 1 aliphatic heterocycles. The molecule has 0 aliphatic carbocycles. The predicted octanol–water partition coefficient (Wildman–Crippen LogP) is 5.25. The van der Waals surface area contributed by atoms with Gasteiger partial charge in [0.05, 0.1) is 5.69 Å². The average molecular weight is 508 g/mol. The molecule has 3 aromatic rings. The predicted molar refractivity (Wildman–Crippen MR) is 135 cm³/mol. The van der Waals surface area contributed by atoms with Crippen molar-refractivity contribution >= 4 is 56.8 Å². The lowest BCUT2D eigenvalue weighted by molar-refractivity contribution is -0.122. The minimum Gasteiger partial charge on any atom is -0.318 e. The van der Waals surface area contributed by atoms with Crippen LogP contribution < -0.4 is 10.2 Å². The number of carbonyl (C=O) groups excluding carboxylic acids is 2. The molecule has 1 aliphatic rings. The molecule has 1 aromatic heterocycles. The highest BCUT2D eigenvalue weighted by Crippen LogP contribution is 2.28. The monoisotopic (exact) mass is 507 g/mol. The number of aryl methyl sites for hydroxylation is 2. The van der Waals surface area contributed by atoms with E-state index in [2.05, 4.69) is 44.9 Å². The van der Waals surface area contributed by atoms with Crippen molar-refractivity contribution < 1.29 is 9.59 Å². The number of nitrogens with zero attached hydrogens (tertiary/aromatic N) is 2. The number of hydrogen-bond donors (Lipinski definition) is 1. The molecule has 0 saturated carbocycles. The third kappa shape index (κ3) is 3.94. The molecular formula is C25H22BrN3O2S. The molecule has 32 heavy (non-hydrogen) atoms. The number of amides is 2. The number of carbonyl (C=O) groups is 2. The van der Waals surface area contributed by atoms with E-state index in [9.17, 15) is 9.59 Å². The van der Waals surface area contributed by atoms with E-state index in [1.54, 1.807) is 18.2 Å². The summed E-state index contributed by atoms with van der Waals surface area (Å²) in [5.74, 6) is -0.944. The molecule has 7 heteroatoms. The normalized spacial score (nSPS) is 15.4. The summed E-state index contributed by atoms with van der Waals surface area (Å²) in [4.78, 5) is 27.4. The summed E-state index contributed by atoms with van der Waals surface area (Å²) in [7, 11) is 0. The number of nitrogens with one attached hydrogen (secondary N) is 1. The zero-order valence-electron chi connectivity index (χ0n) is 18.0. The molecule has 0 bridgehead atoms. The van der Waals surface area contributed by atoms with Gasteiger partial charge in [0.2, 0.25) is 0 Å². The van der Waals surface area contributed by atoms with Crippen LogP contribution in [-0.2, 0) is 16.0 Å². The van der Waals surface area contributed by atoms with Crippen LogP contribution in [-0.4, -0.2) is 21.5 Å². The number of anilines is 1. The zero-order chi connectivity index (χ0) is 23.0. The van der Waals surface area contributed by atoms with Crippen LogP contribution in [0.15, 0.2) is 64.6 Å². The first-order chi connectivity index (χ1) is 15.3. The first-order valence-corrected chi connectivity index (χ1v) is 11.5. The molecule has 162 valence electrons. The Morgan fingerprint density at radius 2 is 1.81 bits per heavy atom. The molecule has 1 N–H and O–H groups in total. The highest BCUT2D eigenvalue weighted by molar-refractivity contribution is 9.10. The summed E-state index contributed by atoms with van der Waals surface area (Å²) in [6.07, 6.45) is 2.56. The topological polar surface area (TPSA) is 54.3 Å². The summed E-state index contributed by atoms with van der Waals surface area (Å²) in [5.41, 5.74) is 5.76. The van der Waals surface area contributed by atoms with Gasteiger partial charge in [-0.3, -0.25) is 19.8 Å². The maximum atomic E-state index is 13.3. The third-order valence-electron chi connectivity index (χ3n) is 5.55. The summed E-state index contributed by atoms with van der Waals surface area (Å²) in [6, 6.07) is 17.5. The van der Waals surface area contributed by atoms with Crippen molar-refractivity contribution in [3.05, 3.63) is 87.2 Å². The van der Waals surface area contributed by atoms with Gasteiger partial charge in [0.25, 0.3) is 11.8 Å². The summed E-state index contributed by atoms with van der Waals surface area (Å²) in [5, 5.41) is 2.71. The van der Waals surface area contributed by atoms with Crippen molar-refractivity contribution in [1.82, 2.24) is 9.88 Å². The van der Waals surface area contributed by atoms with Crippen LogP contribution in [0.4, 0.5) is 5.69 Å².